The van der Waals surface area contributed by atoms with Crippen LogP contribution in [-0.4, -0.2) is 65.2 Å². The van der Waals surface area contributed by atoms with Crippen LogP contribution < -0.4 is 0 Å². The smallest absolute Gasteiger partial charge is 0.135 e. The van der Waals surface area contributed by atoms with Gasteiger partial charge in [-0.15, -0.1) is 0 Å². The molecular weight excluding hydrogens is 899 g/mol. The van der Waals surface area contributed by atoms with E-state index in [9.17, 15) is 10.2 Å². The van der Waals surface area contributed by atoms with Gasteiger partial charge in [-0.25, -0.2) is 8.78 Å². The molecule has 0 amide bonds. The summed E-state index contributed by atoms with van der Waals surface area (Å²) in [6.07, 6.45) is 7.74. The third-order valence-electron chi connectivity index (χ3n) is 16.0. The zero-order chi connectivity index (χ0) is 50.5. The zero-order valence-corrected chi connectivity index (χ0v) is 42.7. The fourth-order valence-electron chi connectivity index (χ4n) is 11.9. The van der Waals surface area contributed by atoms with E-state index in [1.807, 2.05) is 123 Å². The average molecular weight is 963 g/mol. The lowest BCUT2D eigenvalue weighted by molar-refractivity contribution is 0.0240. The molecule has 4 aromatic carbocycles. The van der Waals surface area contributed by atoms with E-state index in [1.54, 1.807) is 27.7 Å². The van der Waals surface area contributed by atoms with E-state index in [0.717, 1.165) is 113 Å². The van der Waals surface area contributed by atoms with Crippen LogP contribution in [0, 0.1) is 0 Å². The van der Waals surface area contributed by atoms with Crippen molar-refractivity contribution in [1.29, 1.82) is 0 Å². The number of nitrogens with zero attached hydrogens (tertiary/aromatic N) is 6. The number of aliphatic imine (C=N–C) groups is 2. The van der Waals surface area contributed by atoms with E-state index in [4.69, 9.17) is 9.97 Å². The van der Waals surface area contributed by atoms with E-state index < -0.39 is 34.6 Å². The van der Waals surface area contributed by atoms with Crippen LogP contribution in [0.4, 0.5) is 8.78 Å². The molecule has 4 aromatic heterocycles. The van der Waals surface area contributed by atoms with Crippen molar-refractivity contribution in [2.45, 2.75) is 129 Å². The average Bonchev–Trinajstić information content (AvgIpc) is 4.06. The molecule has 6 heterocycles. The van der Waals surface area contributed by atoms with Crippen molar-refractivity contribution in [2.75, 3.05) is 13.1 Å². The van der Waals surface area contributed by atoms with Gasteiger partial charge in [-0.3, -0.25) is 20.0 Å². The monoisotopic (exact) mass is 963 g/mol. The zero-order valence-electron chi connectivity index (χ0n) is 42.7. The van der Waals surface area contributed by atoms with Crippen molar-refractivity contribution >= 4 is 66.4 Å². The van der Waals surface area contributed by atoms with Crippen LogP contribution >= 0.6 is 0 Å². The number of aromatic nitrogens is 4. The highest BCUT2D eigenvalue weighted by molar-refractivity contribution is 6.26. The van der Waals surface area contributed by atoms with Gasteiger partial charge in [0, 0.05) is 56.9 Å². The van der Waals surface area contributed by atoms with Gasteiger partial charge in [-0.2, -0.15) is 0 Å². The molecule has 8 aromatic rings. The molecule has 2 N–H and O–H groups in total. The molecule has 8 nitrogen and oxygen atoms in total. The van der Waals surface area contributed by atoms with Crippen molar-refractivity contribution in [3.8, 4) is 0 Å². The summed E-state index contributed by atoms with van der Waals surface area (Å²) in [4.78, 5) is 19.1. The van der Waals surface area contributed by atoms with Crippen LogP contribution in [-0.2, 0) is 11.2 Å². The number of aliphatic hydroxyl groups is 2. The van der Waals surface area contributed by atoms with E-state index in [2.05, 4.69) is 45.1 Å². The molecule has 2 aliphatic carbocycles. The molecule has 10 heteroatoms. The highest BCUT2D eigenvalue weighted by Gasteiger charge is 2.49. The predicted molar refractivity (Wildman–Crippen MR) is 291 cm³/mol. The lowest BCUT2D eigenvalue weighted by Crippen LogP contribution is -2.42. The molecule has 2 fully saturated rings. The predicted octanol–water partition coefficient (Wildman–Crippen LogP) is 14.3. The van der Waals surface area contributed by atoms with Crippen LogP contribution in [0.2, 0.25) is 0 Å². The van der Waals surface area contributed by atoms with Crippen LogP contribution in [0.15, 0.2) is 143 Å². The molecule has 72 heavy (non-hydrogen) atoms. The van der Waals surface area contributed by atoms with Crippen LogP contribution in [0.5, 0.6) is 0 Å². The molecule has 2 unspecified atom stereocenters. The number of allylic oxidation sites excluding steroid dienone is 2. The Morgan fingerprint density at radius 2 is 0.889 bits per heavy atom. The molecule has 12 rings (SSSR count). The maximum absolute atomic E-state index is 16.6. The van der Waals surface area contributed by atoms with Crippen molar-refractivity contribution in [3.63, 3.8) is 0 Å². The number of alkyl halides is 2. The molecule has 4 aliphatic rings. The number of pyridine rings is 2. The van der Waals surface area contributed by atoms with Crippen molar-refractivity contribution < 1.29 is 19.0 Å². The number of fused-ring (bicyclic) bond motifs is 6. The Bertz CT molecular complexity index is 3340. The molecule has 368 valence electrons. The van der Waals surface area contributed by atoms with Gasteiger partial charge in [0.25, 0.3) is 0 Å². The summed E-state index contributed by atoms with van der Waals surface area (Å²) in [5.41, 5.74) is 12.9. The lowest BCUT2D eigenvalue weighted by Gasteiger charge is -2.42. The maximum Gasteiger partial charge on any atom is 0.135 e. The molecule has 2 atom stereocenters. The molecule has 0 spiro atoms. The Balaban J connectivity index is 0.000000156. The number of hydrogen-bond acceptors (Lipinski definition) is 6. The standard InChI is InChI=1S/2C31H32FN3O/c2*1-19-17-33-20(2)27(19)22-15-26-28(34-18-22)24-12-11-23(30(3,4)36)16-25(24)35(26)29(31(32)13-8-14-31)21-9-6-5-7-10-21/h2*5-7,9-12,15-16,18,29,36H,8,13-14,17H2,1-4H3. The van der Waals surface area contributed by atoms with E-state index in [1.165, 1.54) is 11.1 Å². The fourth-order valence-corrected chi connectivity index (χ4v) is 11.9. The third-order valence-corrected chi connectivity index (χ3v) is 16.0. The summed E-state index contributed by atoms with van der Waals surface area (Å²) in [6.45, 7) is 16.9. The summed E-state index contributed by atoms with van der Waals surface area (Å²) in [7, 11) is 0. The third kappa shape index (κ3) is 8.02. The van der Waals surface area contributed by atoms with E-state index >= 15 is 8.78 Å². The first-order valence-corrected chi connectivity index (χ1v) is 25.6. The first kappa shape index (κ1) is 47.7. The highest BCUT2D eigenvalue weighted by Crippen LogP contribution is 2.52. The Morgan fingerprint density at radius 3 is 1.19 bits per heavy atom. The van der Waals surface area contributed by atoms with Crippen molar-refractivity contribution in [2.24, 2.45) is 9.98 Å². The van der Waals surface area contributed by atoms with Gasteiger partial charge < -0.3 is 19.3 Å². The Labute approximate surface area is 420 Å². The van der Waals surface area contributed by atoms with Gasteiger partial charge in [0.05, 0.1) is 69.5 Å². The summed E-state index contributed by atoms with van der Waals surface area (Å²) in [6, 6.07) is 35.3. The number of benzene rings is 4. The molecule has 2 saturated carbocycles. The van der Waals surface area contributed by atoms with Gasteiger partial charge in [0.2, 0.25) is 0 Å². The minimum atomic E-state index is -1.35. The highest BCUT2D eigenvalue weighted by atomic mass is 19.1. The first-order valence-electron chi connectivity index (χ1n) is 25.6. The van der Waals surface area contributed by atoms with E-state index in [-0.39, 0.29) is 0 Å². The van der Waals surface area contributed by atoms with Crippen molar-refractivity contribution in [3.05, 3.63) is 166 Å². The largest absolute Gasteiger partial charge is 0.386 e. The quantitative estimate of drug-likeness (QED) is 0.143. The number of rotatable bonds is 10. The SMILES string of the molecule is CC1=NCC(C)=C1c1cnc2c3ccc(C(C)(C)O)cc3n(C(c3ccccc3)C3(F)CCC3)c2c1.CC1=NCC(C)=C1c1cnc2c3ccc(C(C)(C)O)cc3n(C(c3ccccc3)C3(F)CCC3)c2c1. The van der Waals surface area contributed by atoms with Gasteiger partial charge in [-0.1, -0.05) is 84.9 Å². The van der Waals surface area contributed by atoms with Crippen molar-refractivity contribution in [1.82, 2.24) is 19.1 Å². The molecule has 0 bridgehead atoms. The second-order valence-corrected chi connectivity index (χ2v) is 22.0. The topological polar surface area (TPSA) is 101 Å². The van der Waals surface area contributed by atoms with E-state index in [0.29, 0.717) is 38.8 Å². The van der Waals surface area contributed by atoms with Crippen LogP contribution in [0.25, 0.3) is 55.0 Å². The summed E-state index contributed by atoms with van der Waals surface area (Å²) < 4.78 is 37.5. The number of hydrogen-bond donors (Lipinski definition) is 2. The number of halogens is 2. The minimum Gasteiger partial charge on any atom is -0.386 e. The summed E-state index contributed by atoms with van der Waals surface area (Å²) in [5.74, 6) is 0. The Morgan fingerprint density at radius 1 is 0.514 bits per heavy atom. The van der Waals surface area contributed by atoms with Gasteiger partial charge in [-0.05, 0) is 152 Å². The molecular formula is C62H64F2N6O2. The van der Waals surface area contributed by atoms with Crippen LogP contribution in [0.1, 0.15) is 139 Å². The first-order chi connectivity index (χ1) is 34.3. The normalized spacial score (nSPS) is 18.6. The summed E-state index contributed by atoms with van der Waals surface area (Å²) >= 11 is 0. The second-order valence-electron chi connectivity index (χ2n) is 22.0. The molecule has 2 aliphatic heterocycles. The van der Waals surface area contributed by atoms with Crippen LogP contribution in [0.3, 0.4) is 0 Å². The maximum atomic E-state index is 16.6. The fraction of sp³-hybridized carbons (Fsp3) is 0.355. The Kier molecular flexibility index (Phi) is 11.6. The van der Waals surface area contributed by atoms with Gasteiger partial charge in [0.15, 0.2) is 0 Å². The second kappa shape index (κ2) is 17.6. The molecule has 0 saturated heterocycles. The van der Waals surface area contributed by atoms with Gasteiger partial charge in [0.1, 0.15) is 11.3 Å². The van der Waals surface area contributed by atoms with Gasteiger partial charge >= 0.3 is 0 Å². The minimum absolute atomic E-state index is 0.491. The summed E-state index contributed by atoms with van der Waals surface area (Å²) in [5, 5.41) is 23.6. The molecule has 0 radical (unpaired) electrons. The lowest BCUT2D eigenvalue weighted by atomic mass is 9.73. The Hall–Kier alpha value is -6.62.